The second kappa shape index (κ2) is 9.23. The molecule has 2 rings (SSSR count). The molecule has 0 saturated heterocycles. The van der Waals surface area contributed by atoms with E-state index < -0.39 is 24.1 Å². The predicted octanol–water partition coefficient (Wildman–Crippen LogP) is 3.64. The van der Waals surface area contributed by atoms with E-state index in [-0.39, 0.29) is 5.91 Å². The van der Waals surface area contributed by atoms with Crippen LogP contribution in [-0.4, -0.2) is 30.0 Å². The van der Waals surface area contributed by atoms with Gasteiger partial charge in [-0.25, -0.2) is 4.79 Å². The molecule has 148 valence electrons. The third kappa shape index (κ3) is 6.59. The highest BCUT2D eigenvalue weighted by Gasteiger charge is 2.32. The van der Waals surface area contributed by atoms with Crippen molar-refractivity contribution in [3.63, 3.8) is 0 Å². The molecule has 0 heterocycles. The van der Waals surface area contributed by atoms with E-state index in [0.717, 1.165) is 0 Å². The molecule has 0 atom stereocenters. The molecular formula is C20H21ClN2O5. The summed E-state index contributed by atoms with van der Waals surface area (Å²) in [6, 6.07) is 13.1. The van der Waals surface area contributed by atoms with Gasteiger partial charge in [-0.3, -0.25) is 9.59 Å². The standard InChI is InChI=1S/C20H21ClN2O5/c1-13(24)22-15-5-4-6-16(11-15)23-18(25)12-27-19(26)20(2,3)28-17-9-7-14(21)8-10-17/h4-11H,12H2,1-3H3,(H,22,24)(H,23,25). The Kier molecular flexibility index (Phi) is 7.00. The van der Waals surface area contributed by atoms with Gasteiger partial charge < -0.3 is 20.1 Å². The number of carbonyl (C=O) groups is 3. The SMILES string of the molecule is CC(=O)Nc1cccc(NC(=O)COC(=O)C(C)(C)Oc2ccc(Cl)cc2)c1. The number of nitrogens with one attached hydrogen (secondary N) is 2. The van der Waals surface area contributed by atoms with Crippen molar-refractivity contribution in [2.45, 2.75) is 26.4 Å². The first-order valence-corrected chi connectivity index (χ1v) is 8.83. The summed E-state index contributed by atoms with van der Waals surface area (Å²) in [5.74, 6) is -0.980. The number of amides is 2. The number of rotatable bonds is 7. The van der Waals surface area contributed by atoms with Crippen LogP contribution in [0.4, 0.5) is 11.4 Å². The van der Waals surface area contributed by atoms with Crippen molar-refractivity contribution in [3.8, 4) is 5.75 Å². The van der Waals surface area contributed by atoms with Gasteiger partial charge in [0.2, 0.25) is 5.91 Å². The first kappa shape index (κ1) is 21.2. The van der Waals surface area contributed by atoms with E-state index in [0.29, 0.717) is 22.1 Å². The molecule has 0 unspecified atom stereocenters. The van der Waals surface area contributed by atoms with Crippen LogP contribution in [-0.2, 0) is 19.1 Å². The number of anilines is 2. The van der Waals surface area contributed by atoms with Crippen molar-refractivity contribution in [2.75, 3.05) is 17.2 Å². The van der Waals surface area contributed by atoms with Gasteiger partial charge in [0.05, 0.1) is 0 Å². The molecule has 2 aromatic rings. The van der Waals surface area contributed by atoms with Crippen molar-refractivity contribution in [2.24, 2.45) is 0 Å². The van der Waals surface area contributed by atoms with E-state index in [1.165, 1.54) is 6.92 Å². The van der Waals surface area contributed by atoms with E-state index in [1.807, 2.05) is 0 Å². The minimum Gasteiger partial charge on any atom is -0.476 e. The lowest BCUT2D eigenvalue weighted by molar-refractivity contribution is -0.161. The average molecular weight is 405 g/mol. The number of hydrogen-bond donors (Lipinski definition) is 2. The second-order valence-electron chi connectivity index (χ2n) is 6.45. The van der Waals surface area contributed by atoms with Gasteiger partial charge in [0.15, 0.2) is 12.2 Å². The molecular weight excluding hydrogens is 384 g/mol. The fourth-order valence-corrected chi connectivity index (χ4v) is 2.34. The Morgan fingerprint density at radius 3 is 2.21 bits per heavy atom. The van der Waals surface area contributed by atoms with Crippen LogP contribution < -0.4 is 15.4 Å². The zero-order chi connectivity index (χ0) is 20.7. The van der Waals surface area contributed by atoms with E-state index in [1.54, 1.807) is 62.4 Å². The minimum atomic E-state index is -1.29. The van der Waals surface area contributed by atoms with Crippen LogP contribution in [0.2, 0.25) is 5.02 Å². The van der Waals surface area contributed by atoms with Crippen molar-refractivity contribution in [1.82, 2.24) is 0 Å². The second-order valence-corrected chi connectivity index (χ2v) is 6.89. The summed E-state index contributed by atoms with van der Waals surface area (Å²) in [4.78, 5) is 35.4. The zero-order valence-corrected chi connectivity index (χ0v) is 16.5. The Morgan fingerprint density at radius 2 is 1.61 bits per heavy atom. The number of esters is 1. The van der Waals surface area contributed by atoms with Crippen molar-refractivity contribution < 1.29 is 23.9 Å². The number of benzene rings is 2. The van der Waals surface area contributed by atoms with Gasteiger partial charge >= 0.3 is 5.97 Å². The third-order valence-electron chi connectivity index (χ3n) is 3.48. The molecule has 7 nitrogen and oxygen atoms in total. The maximum Gasteiger partial charge on any atom is 0.350 e. The van der Waals surface area contributed by atoms with E-state index >= 15 is 0 Å². The molecule has 2 amide bonds. The molecule has 0 aromatic heterocycles. The van der Waals surface area contributed by atoms with Crippen molar-refractivity contribution in [3.05, 3.63) is 53.6 Å². The summed E-state index contributed by atoms with van der Waals surface area (Å²) in [5, 5.41) is 5.76. The van der Waals surface area contributed by atoms with Gasteiger partial charge in [0, 0.05) is 23.3 Å². The van der Waals surface area contributed by atoms with Crippen LogP contribution in [0.3, 0.4) is 0 Å². The molecule has 28 heavy (non-hydrogen) atoms. The maximum absolute atomic E-state index is 12.3. The normalized spacial score (nSPS) is 10.7. The summed E-state index contributed by atoms with van der Waals surface area (Å²) in [6.45, 7) is 3.99. The Bertz CT molecular complexity index is 865. The molecule has 0 radical (unpaired) electrons. The lowest BCUT2D eigenvalue weighted by atomic mass is 10.1. The van der Waals surface area contributed by atoms with Crippen LogP contribution in [0.5, 0.6) is 5.75 Å². The summed E-state index contributed by atoms with van der Waals surface area (Å²) >= 11 is 5.82. The summed E-state index contributed by atoms with van der Waals surface area (Å²) in [7, 11) is 0. The summed E-state index contributed by atoms with van der Waals surface area (Å²) in [6.07, 6.45) is 0. The van der Waals surface area contributed by atoms with E-state index in [4.69, 9.17) is 21.1 Å². The van der Waals surface area contributed by atoms with Gasteiger partial charge in [-0.05, 0) is 56.3 Å². The van der Waals surface area contributed by atoms with Gasteiger partial charge in [-0.1, -0.05) is 17.7 Å². The topological polar surface area (TPSA) is 93.7 Å². The number of hydrogen-bond acceptors (Lipinski definition) is 5. The molecule has 0 aliphatic carbocycles. The van der Waals surface area contributed by atoms with Crippen molar-refractivity contribution in [1.29, 1.82) is 0 Å². The molecule has 0 aliphatic heterocycles. The molecule has 2 aromatic carbocycles. The lowest BCUT2D eigenvalue weighted by Gasteiger charge is -2.24. The smallest absolute Gasteiger partial charge is 0.350 e. The molecule has 0 bridgehead atoms. The Hall–Kier alpha value is -3.06. The Balaban J connectivity index is 1.88. The van der Waals surface area contributed by atoms with Crippen molar-refractivity contribution >= 4 is 40.8 Å². The predicted molar refractivity (Wildman–Crippen MR) is 106 cm³/mol. The van der Waals surface area contributed by atoms with Crippen LogP contribution in [0.1, 0.15) is 20.8 Å². The first-order valence-electron chi connectivity index (χ1n) is 8.45. The van der Waals surface area contributed by atoms with Gasteiger partial charge in [-0.2, -0.15) is 0 Å². The summed E-state index contributed by atoms with van der Waals surface area (Å²) < 4.78 is 10.7. The highest BCUT2D eigenvalue weighted by atomic mass is 35.5. The maximum atomic E-state index is 12.3. The van der Waals surface area contributed by atoms with E-state index in [9.17, 15) is 14.4 Å². The molecule has 8 heteroatoms. The first-order chi connectivity index (χ1) is 13.2. The highest BCUT2D eigenvalue weighted by Crippen LogP contribution is 2.22. The number of carbonyl (C=O) groups excluding carboxylic acids is 3. The van der Waals surface area contributed by atoms with E-state index in [2.05, 4.69) is 10.6 Å². The fraction of sp³-hybridized carbons (Fsp3) is 0.250. The summed E-state index contributed by atoms with van der Waals surface area (Å²) in [5.41, 5.74) is -0.289. The van der Waals surface area contributed by atoms with Crippen LogP contribution in [0, 0.1) is 0 Å². The van der Waals surface area contributed by atoms with Gasteiger partial charge in [0.25, 0.3) is 5.91 Å². The monoisotopic (exact) mass is 404 g/mol. The third-order valence-corrected chi connectivity index (χ3v) is 3.73. The highest BCUT2D eigenvalue weighted by molar-refractivity contribution is 6.30. The lowest BCUT2D eigenvalue weighted by Crippen LogP contribution is -2.41. The number of ether oxygens (including phenoxy) is 2. The molecule has 0 aliphatic rings. The quantitative estimate of drug-likeness (QED) is 0.687. The van der Waals surface area contributed by atoms with Crippen LogP contribution in [0.15, 0.2) is 48.5 Å². The minimum absolute atomic E-state index is 0.222. The fourth-order valence-electron chi connectivity index (χ4n) is 2.22. The zero-order valence-electron chi connectivity index (χ0n) is 15.7. The van der Waals surface area contributed by atoms with Crippen LogP contribution in [0.25, 0.3) is 0 Å². The van der Waals surface area contributed by atoms with Gasteiger partial charge in [0.1, 0.15) is 5.75 Å². The Labute approximate surface area is 168 Å². The van der Waals surface area contributed by atoms with Gasteiger partial charge in [-0.15, -0.1) is 0 Å². The number of halogens is 1. The molecule has 0 saturated carbocycles. The largest absolute Gasteiger partial charge is 0.476 e. The molecule has 0 fully saturated rings. The molecule has 0 spiro atoms. The average Bonchev–Trinajstić information content (AvgIpc) is 2.61. The Morgan fingerprint density at radius 1 is 1.00 bits per heavy atom. The van der Waals surface area contributed by atoms with Crippen LogP contribution >= 0.6 is 11.6 Å². The molecule has 2 N–H and O–H groups in total.